The lowest BCUT2D eigenvalue weighted by Crippen LogP contribution is -2.04. The van der Waals surface area contributed by atoms with Gasteiger partial charge < -0.3 is 5.11 Å². The van der Waals surface area contributed by atoms with Crippen LogP contribution in [0.15, 0.2) is 30.9 Å². The highest BCUT2D eigenvalue weighted by molar-refractivity contribution is 6.35. The average molecular weight is 245 g/mol. The smallest absolute Gasteiger partial charge is 0.0500 e. The molecule has 1 N–H and O–H groups in total. The molecule has 1 aromatic rings. The third-order valence-corrected chi connectivity index (χ3v) is 2.90. The fourth-order valence-electron chi connectivity index (χ4n) is 1.50. The Morgan fingerprint density at radius 3 is 2.67 bits per heavy atom. The molecule has 0 saturated heterocycles. The molecule has 3 heteroatoms. The molecule has 0 aliphatic heterocycles. The minimum atomic E-state index is 0.0627. The maximum absolute atomic E-state index is 9.27. The maximum Gasteiger partial charge on any atom is 0.0500 e. The fourth-order valence-corrected chi connectivity index (χ4v) is 2.06. The van der Waals surface area contributed by atoms with Crippen LogP contribution < -0.4 is 0 Å². The Kier molecular flexibility index (Phi) is 5.16. The molecule has 1 atom stereocenters. The van der Waals surface area contributed by atoms with Crippen LogP contribution in [0.5, 0.6) is 0 Å². The van der Waals surface area contributed by atoms with Crippen molar-refractivity contribution in [2.45, 2.75) is 18.8 Å². The van der Waals surface area contributed by atoms with Gasteiger partial charge in [0, 0.05) is 22.6 Å². The molecule has 0 saturated carbocycles. The van der Waals surface area contributed by atoms with Crippen molar-refractivity contribution in [3.63, 3.8) is 0 Å². The van der Waals surface area contributed by atoms with E-state index in [0.717, 1.165) is 18.4 Å². The monoisotopic (exact) mass is 244 g/mol. The lowest BCUT2D eigenvalue weighted by molar-refractivity contribution is 0.260. The summed E-state index contributed by atoms with van der Waals surface area (Å²) in [6.07, 6.45) is 3.55. The van der Waals surface area contributed by atoms with Gasteiger partial charge in [-0.1, -0.05) is 35.3 Å². The normalized spacial score (nSPS) is 12.5. The summed E-state index contributed by atoms with van der Waals surface area (Å²) < 4.78 is 0. The van der Waals surface area contributed by atoms with Crippen molar-refractivity contribution in [2.24, 2.45) is 0 Å². The van der Waals surface area contributed by atoms with E-state index in [1.54, 1.807) is 12.1 Å². The Hall–Kier alpha value is -0.500. The molecule has 0 aliphatic rings. The van der Waals surface area contributed by atoms with Crippen molar-refractivity contribution in [3.8, 4) is 0 Å². The van der Waals surface area contributed by atoms with Crippen molar-refractivity contribution in [3.05, 3.63) is 46.5 Å². The molecule has 0 radical (unpaired) electrons. The highest BCUT2D eigenvalue weighted by Crippen LogP contribution is 2.30. The predicted octanol–water partition coefficient (Wildman–Crippen LogP) is 4.04. The van der Waals surface area contributed by atoms with Gasteiger partial charge in [0.2, 0.25) is 0 Å². The average Bonchev–Trinajstić information content (AvgIpc) is 2.21. The van der Waals surface area contributed by atoms with Gasteiger partial charge >= 0.3 is 0 Å². The highest BCUT2D eigenvalue weighted by atomic mass is 35.5. The highest BCUT2D eigenvalue weighted by Gasteiger charge is 2.13. The van der Waals surface area contributed by atoms with Gasteiger partial charge in [-0.3, -0.25) is 0 Å². The second kappa shape index (κ2) is 6.16. The van der Waals surface area contributed by atoms with E-state index in [1.807, 2.05) is 12.1 Å². The van der Waals surface area contributed by atoms with Gasteiger partial charge in [0.1, 0.15) is 0 Å². The van der Waals surface area contributed by atoms with Gasteiger partial charge in [-0.2, -0.15) is 0 Å². The van der Waals surface area contributed by atoms with E-state index in [-0.39, 0.29) is 12.5 Å². The number of halogens is 2. The summed E-state index contributed by atoms with van der Waals surface area (Å²) in [5.74, 6) is 0.0627. The summed E-state index contributed by atoms with van der Waals surface area (Å²) in [6.45, 7) is 3.75. The van der Waals surface area contributed by atoms with Crippen LogP contribution in [0.25, 0.3) is 0 Å². The number of benzene rings is 1. The van der Waals surface area contributed by atoms with E-state index in [1.165, 1.54) is 0 Å². The summed E-state index contributed by atoms with van der Waals surface area (Å²) >= 11 is 11.9. The molecule has 0 bridgehead atoms. The quantitative estimate of drug-likeness (QED) is 0.776. The van der Waals surface area contributed by atoms with Gasteiger partial charge in [0.05, 0.1) is 0 Å². The summed E-state index contributed by atoms with van der Waals surface area (Å²) in [5.41, 5.74) is 0.949. The summed E-state index contributed by atoms with van der Waals surface area (Å²) in [6, 6.07) is 5.36. The topological polar surface area (TPSA) is 20.2 Å². The van der Waals surface area contributed by atoms with Crippen LogP contribution in [-0.2, 0) is 0 Å². The minimum absolute atomic E-state index is 0.0627. The van der Waals surface area contributed by atoms with Crippen LogP contribution in [0.1, 0.15) is 24.3 Å². The van der Waals surface area contributed by atoms with Crippen molar-refractivity contribution >= 4 is 23.2 Å². The van der Waals surface area contributed by atoms with Crippen LogP contribution in [0.3, 0.4) is 0 Å². The van der Waals surface area contributed by atoms with Crippen molar-refractivity contribution < 1.29 is 5.11 Å². The molecule has 15 heavy (non-hydrogen) atoms. The molecule has 1 nitrogen and oxygen atoms in total. The third-order valence-electron chi connectivity index (χ3n) is 2.34. The number of aliphatic hydroxyl groups is 1. The zero-order valence-corrected chi connectivity index (χ0v) is 9.93. The Bertz CT molecular complexity index is 336. The molecule has 0 fully saturated rings. The van der Waals surface area contributed by atoms with Crippen LogP contribution in [-0.4, -0.2) is 11.7 Å². The molecular weight excluding hydrogens is 231 g/mol. The number of allylic oxidation sites excluding steroid dienone is 1. The van der Waals surface area contributed by atoms with E-state index in [9.17, 15) is 5.11 Å². The van der Waals surface area contributed by atoms with E-state index in [2.05, 4.69) is 6.58 Å². The molecular formula is C12H14Cl2O. The molecule has 82 valence electrons. The van der Waals surface area contributed by atoms with Crippen LogP contribution in [0, 0.1) is 0 Å². The zero-order chi connectivity index (χ0) is 11.3. The van der Waals surface area contributed by atoms with Gasteiger partial charge in [-0.15, -0.1) is 6.58 Å². The van der Waals surface area contributed by atoms with Gasteiger partial charge in [0.15, 0.2) is 0 Å². The number of aliphatic hydroxyl groups excluding tert-OH is 1. The van der Waals surface area contributed by atoms with Gasteiger partial charge in [0.25, 0.3) is 0 Å². The Labute approximate surface area is 100 Å². The van der Waals surface area contributed by atoms with E-state index in [0.29, 0.717) is 10.0 Å². The fraction of sp³-hybridized carbons (Fsp3) is 0.333. The largest absolute Gasteiger partial charge is 0.396 e. The van der Waals surface area contributed by atoms with Crippen LogP contribution in [0.2, 0.25) is 10.0 Å². The first-order valence-electron chi connectivity index (χ1n) is 4.85. The SMILES string of the molecule is C=CCCC(CO)c1ccc(Cl)cc1Cl. The van der Waals surface area contributed by atoms with Gasteiger partial charge in [-0.25, -0.2) is 0 Å². The standard InChI is InChI=1S/C12H14Cl2O/c1-2-3-4-9(8-15)11-6-5-10(13)7-12(11)14/h2,5-7,9,15H,1,3-4,8H2. The Morgan fingerprint density at radius 2 is 2.13 bits per heavy atom. The zero-order valence-electron chi connectivity index (χ0n) is 8.42. The first-order chi connectivity index (χ1) is 7.19. The van der Waals surface area contributed by atoms with Gasteiger partial charge in [-0.05, 0) is 30.5 Å². The number of rotatable bonds is 5. The van der Waals surface area contributed by atoms with Crippen molar-refractivity contribution in [1.29, 1.82) is 0 Å². The lowest BCUT2D eigenvalue weighted by Gasteiger charge is -2.15. The van der Waals surface area contributed by atoms with Crippen molar-refractivity contribution in [1.82, 2.24) is 0 Å². The first kappa shape index (κ1) is 12.6. The third kappa shape index (κ3) is 3.53. The Morgan fingerprint density at radius 1 is 1.40 bits per heavy atom. The lowest BCUT2D eigenvalue weighted by atomic mass is 9.95. The molecule has 0 aromatic heterocycles. The second-order valence-electron chi connectivity index (χ2n) is 3.41. The molecule has 0 heterocycles. The van der Waals surface area contributed by atoms with E-state index >= 15 is 0 Å². The summed E-state index contributed by atoms with van der Waals surface area (Å²) in [7, 11) is 0. The summed E-state index contributed by atoms with van der Waals surface area (Å²) in [5, 5.41) is 10.5. The number of hydrogen-bond acceptors (Lipinski definition) is 1. The molecule has 1 rings (SSSR count). The van der Waals surface area contributed by atoms with Crippen molar-refractivity contribution in [2.75, 3.05) is 6.61 Å². The number of hydrogen-bond donors (Lipinski definition) is 1. The van der Waals surface area contributed by atoms with Crippen LogP contribution >= 0.6 is 23.2 Å². The van der Waals surface area contributed by atoms with E-state index < -0.39 is 0 Å². The molecule has 0 amide bonds. The first-order valence-corrected chi connectivity index (χ1v) is 5.61. The predicted molar refractivity (Wildman–Crippen MR) is 65.7 cm³/mol. The molecule has 0 aliphatic carbocycles. The van der Waals surface area contributed by atoms with Crippen LogP contribution in [0.4, 0.5) is 0 Å². The molecule has 0 spiro atoms. The molecule has 1 unspecified atom stereocenters. The minimum Gasteiger partial charge on any atom is -0.396 e. The molecule has 1 aromatic carbocycles. The Balaban J connectivity index is 2.86. The summed E-state index contributed by atoms with van der Waals surface area (Å²) in [4.78, 5) is 0. The second-order valence-corrected chi connectivity index (χ2v) is 4.25. The maximum atomic E-state index is 9.27. The van der Waals surface area contributed by atoms with E-state index in [4.69, 9.17) is 23.2 Å².